The van der Waals surface area contributed by atoms with Gasteiger partial charge in [0.25, 0.3) is 0 Å². The number of primary amides is 1. The third-order valence-electron chi connectivity index (χ3n) is 0.338. The second-order valence-electron chi connectivity index (χ2n) is 1.02. The summed E-state index contributed by atoms with van der Waals surface area (Å²) >= 11 is 5.08. The van der Waals surface area contributed by atoms with Gasteiger partial charge < -0.3 is 10.8 Å². The van der Waals surface area contributed by atoms with Gasteiger partial charge in [0.15, 0.2) is 0 Å². The molecule has 3 nitrogen and oxygen atoms in total. The first-order valence-electron chi connectivity index (χ1n) is 1.77. The van der Waals surface area contributed by atoms with Crippen molar-refractivity contribution in [1.82, 2.24) is 0 Å². The standard InChI is InChI=1S/C3H5NO2S2/c4-2(5)1-8-3(6)7/h1H2,(H2,4,5)(H,6,7). The summed E-state index contributed by atoms with van der Waals surface area (Å²) in [5.74, 6) is -0.429. The Balaban J connectivity index is 3.18. The number of nitrogens with two attached hydrogens (primary N) is 1. The van der Waals surface area contributed by atoms with Crippen molar-refractivity contribution in [2.75, 3.05) is 5.75 Å². The van der Waals surface area contributed by atoms with Gasteiger partial charge in [-0.2, -0.15) is 0 Å². The van der Waals surface area contributed by atoms with Crippen molar-refractivity contribution >= 4 is 34.3 Å². The van der Waals surface area contributed by atoms with Gasteiger partial charge in [-0.3, -0.25) is 4.79 Å². The van der Waals surface area contributed by atoms with Crippen LogP contribution >= 0.6 is 24.0 Å². The minimum atomic E-state index is -0.480. The fourth-order valence-electron chi connectivity index (χ4n) is 0.133. The molecule has 0 bridgehead atoms. The number of amides is 1. The van der Waals surface area contributed by atoms with E-state index in [-0.39, 0.29) is 10.1 Å². The van der Waals surface area contributed by atoms with E-state index in [4.69, 9.17) is 10.8 Å². The Morgan fingerprint density at radius 1 is 1.88 bits per heavy atom. The van der Waals surface area contributed by atoms with Gasteiger partial charge in [-0.05, 0) is 12.2 Å². The molecule has 0 aromatic heterocycles. The quantitative estimate of drug-likeness (QED) is 0.547. The van der Waals surface area contributed by atoms with Crippen LogP contribution in [0.5, 0.6) is 0 Å². The number of thiocarbonyl (C=S) groups is 1. The van der Waals surface area contributed by atoms with Crippen LogP contribution < -0.4 is 5.73 Å². The van der Waals surface area contributed by atoms with Crippen LogP contribution in [-0.4, -0.2) is 21.1 Å². The lowest BCUT2D eigenvalue weighted by Gasteiger charge is -1.88. The van der Waals surface area contributed by atoms with Crippen molar-refractivity contribution in [3.8, 4) is 0 Å². The van der Waals surface area contributed by atoms with Crippen LogP contribution in [0.25, 0.3) is 0 Å². The highest BCUT2D eigenvalue weighted by Crippen LogP contribution is 1.98. The average Bonchev–Trinajstić information content (AvgIpc) is 1.61. The summed E-state index contributed by atoms with van der Waals surface area (Å²) in [5.41, 5.74) is 4.71. The molecule has 0 aliphatic carbocycles. The summed E-state index contributed by atoms with van der Waals surface area (Å²) in [6.45, 7) is 0. The minimum Gasteiger partial charge on any atom is -0.494 e. The van der Waals surface area contributed by atoms with Gasteiger partial charge in [0.1, 0.15) is 0 Å². The lowest BCUT2D eigenvalue weighted by molar-refractivity contribution is -0.115. The maximum absolute atomic E-state index is 9.93. The molecule has 0 spiro atoms. The Morgan fingerprint density at radius 2 is 2.38 bits per heavy atom. The van der Waals surface area contributed by atoms with Crippen molar-refractivity contribution in [3.05, 3.63) is 0 Å². The van der Waals surface area contributed by atoms with Gasteiger partial charge in [0.2, 0.25) is 10.3 Å². The molecule has 0 heterocycles. The van der Waals surface area contributed by atoms with Crippen LogP contribution in [0.4, 0.5) is 0 Å². The second-order valence-corrected chi connectivity index (χ2v) is 2.63. The van der Waals surface area contributed by atoms with Crippen LogP contribution in [0.3, 0.4) is 0 Å². The first-order chi connectivity index (χ1) is 3.63. The van der Waals surface area contributed by atoms with Gasteiger partial charge >= 0.3 is 0 Å². The molecule has 3 N–H and O–H groups in total. The fraction of sp³-hybridized carbons (Fsp3) is 0.333. The first kappa shape index (κ1) is 7.71. The summed E-state index contributed by atoms with van der Waals surface area (Å²) in [7, 11) is 0. The van der Waals surface area contributed by atoms with E-state index >= 15 is 0 Å². The maximum atomic E-state index is 9.93. The molecule has 0 saturated heterocycles. The van der Waals surface area contributed by atoms with E-state index in [0.29, 0.717) is 0 Å². The molecule has 0 rings (SSSR count). The third kappa shape index (κ3) is 5.71. The van der Waals surface area contributed by atoms with Crippen LogP contribution in [-0.2, 0) is 4.79 Å². The number of aliphatic hydroxyl groups excluding tert-OH is 1. The van der Waals surface area contributed by atoms with Crippen LogP contribution in [0, 0.1) is 0 Å². The molecule has 0 fully saturated rings. The van der Waals surface area contributed by atoms with Crippen molar-refractivity contribution in [2.24, 2.45) is 5.73 Å². The molecule has 0 unspecified atom stereocenters. The molecule has 0 aromatic carbocycles. The molecule has 0 aliphatic rings. The first-order valence-corrected chi connectivity index (χ1v) is 3.16. The van der Waals surface area contributed by atoms with Crippen LogP contribution in [0.15, 0.2) is 0 Å². The van der Waals surface area contributed by atoms with Gasteiger partial charge in [-0.15, -0.1) is 0 Å². The van der Waals surface area contributed by atoms with Gasteiger partial charge in [0.05, 0.1) is 5.75 Å². The summed E-state index contributed by atoms with van der Waals surface area (Å²) in [4.78, 5) is 9.93. The number of thioether (sulfide) groups is 1. The predicted molar refractivity (Wildman–Crippen MR) is 36.9 cm³/mol. The number of hydrogen-bond acceptors (Lipinski definition) is 3. The highest BCUT2D eigenvalue weighted by atomic mass is 32.2. The number of carbonyl (C=O) groups excluding carboxylic acids is 1. The molecular weight excluding hydrogens is 146 g/mol. The number of hydrogen-bond donors (Lipinski definition) is 2. The highest BCUT2D eigenvalue weighted by Gasteiger charge is 1.95. The van der Waals surface area contributed by atoms with E-state index in [0.717, 1.165) is 11.8 Å². The Bertz CT molecular complexity index is 99.9. The molecule has 0 aliphatic heterocycles. The van der Waals surface area contributed by atoms with E-state index in [1.54, 1.807) is 0 Å². The number of rotatable bonds is 2. The lowest BCUT2D eigenvalue weighted by atomic mass is 10.8. The Morgan fingerprint density at radius 3 is 2.50 bits per heavy atom. The summed E-state index contributed by atoms with van der Waals surface area (Å²) in [6.07, 6.45) is 0. The summed E-state index contributed by atoms with van der Waals surface area (Å²) < 4.78 is -0.246. The topological polar surface area (TPSA) is 63.3 Å². The zero-order valence-electron chi connectivity index (χ0n) is 3.96. The van der Waals surface area contributed by atoms with Gasteiger partial charge in [0, 0.05) is 0 Å². The Hall–Kier alpha value is -0.290. The largest absolute Gasteiger partial charge is 0.494 e. The minimum absolute atomic E-state index is 0.0509. The van der Waals surface area contributed by atoms with Gasteiger partial charge in [-0.25, -0.2) is 0 Å². The van der Waals surface area contributed by atoms with E-state index in [1.807, 2.05) is 0 Å². The monoisotopic (exact) mass is 151 g/mol. The molecule has 0 atom stereocenters. The Labute approximate surface area is 56.2 Å². The van der Waals surface area contributed by atoms with Crippen LogP contribution in [0.1, 0.15) is 0 Å². The smallest absolute Gasteiger partial charge is 0.227 e. The number of carbonyl (C=O) groups is 1. The van der Waals surface area contributed by atoms with Crippen LogP contribution in [0.2, 0.25) is 0 Å². The molecule has 0 aromatic rings. The molecule has 0 saturated carbocycles. The maximum Gasteiger partial charge on any atom is 0.227 e. The van der Waals surface area contributed by atoms with Gasteiger partial charge in [-0.1, -0.05) is 11.8 Å². The molecule has 8 heavy (non-hydrogen) atoms. The lowest BCUT2D eigenvalue weighted by Crippen LogP contribution is -2.14. The normalized spacial score (nSPS) is 8.50. The summed E-state index contributed by atoms with van der Waals surface area (Å²) in [5, 5.41) is 8.29. The summed E-state index contributed by atoms with van der Waals surface area (Å²) in [6, 6.07) is 0. The predicted octanol–water partition coefficient (Wildman–Crippen LogP) is 0.0478. The zero-order valence-corrected chi connectivity index (χ0v) is 5.59. The molecule has 46 valence electrons. The molecule has 0 radical (unpaired) electrons. The molecule has 1 amide bonds. The van der Waals surface area contributed by atoms with Crippen molar-refractivity contribution < 1.29 is 9.90 Å². The number of aliphatic hydroxyl groups is 1. The Kier molecular flexibility index (Phi) is 3.55. The zero-order chi connectivity index (χ0) is 6.57. The third-order valence-corrected chi connectivity index (χ3v) is 1.37. The van der Waals surface area contributed by atoms with Crippen molar-refractivity contribution in [3.63, 3.8) is 0 Å². The van der Waals surface area contributed by atoms with E-state index in [9.17, 15) is 4.79 Å². The molecule has 5 heteroatoms. The van der Waals surface area contributed by atoms with E-state index < -0.39 is 5.91 Å². The van der Waals surface area contributed by atoms with Crippen molar-refractivity contribution in [2.45, 2.75) is 0 Å². The van der Waals surface area contributed by atoms with E-state index in [1.165, 1.54) is 0 Å². The highest BCUT2D eigenvalue weighted by molar-refractivity contribution is 8.22. The van der Waals surface area contributed by atoms with Crippen molar-refractivity contribution in [1.29, 1.82) is 0 Å². The second kappa shape index (κ2) is 3.68. The average molecular weight is 151 g/mol. The SMILES string of the molecule is NC(=O)CSC(O)=S. The molecular formula is C3H5NO2S2. The van der Waals surface area contributed by atoms with E-state index in [2.05, 4.69) is 12.2 Å². The fourth-order valence-corrected chi connectivity index (χ4v) is 0.575.